The van der Waals surface area contributed by atoms with E-state index in [2.05, 4.69) is 20.8 Å². The summed E-state index contributed by atoms with van der Waals surface area (Å²) >= 11 is 13.1. The number of thioether (sulfide) groups is 1. The number of aromatic nitrogens is 3. The van der Waals surface area contributed by atoms with Gasteiger partial charge in [0.15, 0.2) is 5.16 Å². The second kappa shape index (κ2) is 10.6. The summed E-state index contributed by atoms with van der Waals surface area (Å²) in [5.41, 5.74) is 0.986. The number of halogens is 3. The van der Waals surface area contributed by atoms with Crippen LogP contribution in [0, 0.1) is 5.82 Å². The number of hydrogen-bond acceptors (Lipinski definition) is 5. The number of nitrogens with one attached hydrogen (secondary N) is 2. The molecule has 2 amide bonds. The van der Waals surface area contributed by atoms with Crippen LogP contribution in [0.2, 0.25) is 10.0 Å². The van der Waals surface area contributed by atoms with Gasteiger partial charge in [0, 0.05) is 28.0 Å². The van der Waals surface area contributed by atoms with E-state index < -0.39 is 0 Å². The lowest BCUT2D eigenvalue weighted by atomic mass is 10.3. The van der Waals surface area contributed by atoms with E-state index in [0.717, 1.165) is 0 Å². The quantitative estimate of drug-likeness (QED) is 0.456. The highest BCUT2D eigenvalue weighted by atomic mass is 35.5. The van der Waals surface area contributed by atoms with Gasteiger partial charge in [0.25, 0.3) is 0 Å². The summed E-state index contributed by atoms with van der Waals surface area (Å²) in [5.74, 6) is -0.394. The molecule has 7 nitrogen and oxygen atoms in total. The van der Waals surface area contributed by atoms with Gasteiger partial charge in [0.05, 0.1) is 12.2 Å². The summed E-state index contributed by atoms with van der Waals surface area (Å²) in [6.45, 7) is 2.42. The van der Waals surface area contributed by atoms with E-state index in [4.69, 9.17) is 23.2 Å². The van der Waals surface area contributed by atoms with Crippen molar-refractivity contribution in [3.63, 3.8) is 0 Å². The molecule has 0 radical (unpaired) electrons. The van der Waals surface area contributed by atoms with Gasteiger partial charge in [-0.1, -0.05) is 35.0 Å². The molecule has 11 heteroatoms. The Balaban J connectivity index is 1.58. The van der Waals surface area contributed by atoms with E-state index in [9.17, 15) is 14.0 Å². The maximum atomic E-state index is 13.0. The molecule has 0 saturated heterocycles. The molecule has 31 heavy (non-hydrogen) atoms. The molecule has 0 bridgehead atoms. The molecular weight excluding hydrogens is 464 g/mol. The second-order valence-corrected chi connectivity index (χ2v) is 8.19. The largest absolute Gasteiger partial charge is 0.326 e. The Morgan fingerprint density at radius 2 is 1.65 bits per heavy atom. The van der Waals surface area contributed by atoms with Gasteiger partial charge in [-0.15, -0.1) is 10.2 Å². The first-order chi connectivity index (χ1) is 14.8. The van der Waals surface area contributed by atoms with Crippen LogP contribution < -0.4 is 10.6 Å². The molecular formula is C20H18Cl2FN5O2S. The molecule has 1 aromatic heterocycles. The maximum absolute atomic E-state index is 13.0. The van der Waals surface area contributed by atoms with Crippen molar-refractivity contribution in [2.45, 2.75) is 25.0 Å². The average molecular weight is 482 g/mol. The molecule has 2 aromatic carbocycles. The van der Waals surface area contributed by atoms with Crippen molar-refractivity contribution < 1.29 is 14.0 Å². The van der Waals surface area contributed by atoms with Gasteiger partial charge < -0.3 is 15.2 Å². The second-order valence-electron chi connectivity index (χ2n) is 6.37. The zero-order valence-corrected chi connectivity index (χ0v) is 18.7. The topological polar surface area (TPSA) is 88.9 Å². The molecule has 3 aromatic rings. The number of hydrogen-bond donors (Lipinski definition) is 2. The molecule has 0 atom stereocenters. The van der Waals surface area contributed by atoms with Crippen LogP contribution in [-0.2, 0) is 22.6 Å². The predicted molar refractivity (Wildman–Crippen MR) is 120 cm³/mol. The molecule has 0 aliphatic rings. The lowest BCUT2D eigenvalue weighted by molar-refractivity contribution is -0.116. The van der Waals surface area contributed by atoms with Gasteiger partial charge in [0.2, 0.25) is 11.8 Å². The van der Waals surface area contributed by atoms with Crippen LogP contribution in [0.1, 0.15) is 12.7 Å². The van der Waals surface area contributed by atoms with E-state index in [0.29, 0.717) is 38.9 Å². The van der Waals surface area contributed by atoms with Gasteiger partial charge in [-0.2, -0.15) is 0 Å². The zero-order valence-electron chi connectivity index (χ0n) is 16.4. The first-order valence-electron chi connectivity index (χ1n) is 9.20. The highest BCUT2D eigenvalue weighted by Crippen LogP contribution is 2.23. The lowest BCUT2D eigenvalue weighted by Gasteiger charge is -2.09. The van der Waals surface area contributed by atoms with Crippen molar-refractivity contribution in [1.82, 2.24) is 14.8 Å². The van der Waals surface area contributed by atoms with E-state index >= 15 is 0 Å². The average Bonchev–Trinajstić information content (AvgIpc) is 3.08. The molecule has 0 spiro atoms. The van der Waals surface area contributed by atoms with E-state index in [1.165, 1.54) is 36.0 Å². The third-order valence-corrected chi connectivity index (χ3v) is 5.44. The van der Waals surface area contributed by atoms with Crippen molar-refractivity contribution >= 4 is 58.2 Å². The molecule has 162 valence electrons. The van der Waals surface area contributed by atoms with E-state index in [1.54, 1.807) is 22.8 Å². The first kappa shape index (κ1) is 23.1. The maximum Gasteiger partial charge on any atom is 0.234 e. The first-order valence-corrected chi connectivity index (χ1v) is 10.9. The summed E-state index contributed by atoms with van der Waals surface area (Å²) < 4.78 is 14.7. The summed E-state index contributed by atoms with van der Waals surface area (Å²) in [4.78, 5) is 24.5. The number of anilines is 2. The Morgan fingerprint density at radius 1 is 1.00 bits per heavy atom. The van der Waals surface area contributed by atoms with Crippen LogP contribution in [0.4, 0.5) is 15.8 Å². The van der Waals surface area contributed by atoms with Crippen molar-refractivity contribution in [3.05, 3.63) is 64.2 Å². The Kier molecular flexibility index (Phi) is 7.89. The minimum atomic E-state index is -0.382. The van der Waals surface area contributed by atoms with Crippen molar-refractivity contribution in [2.24, 2.45) is 0 Å². The van der Waals surface area contributed by atoms with Crippen molar-refractivity contribution in [2.75, 3.05) is 16.4 Å². The fourth-order valence-corrected chi connectivity index (χ4v) is 4.06. The molecule has 0 aliphatic carbocycles. The number of nitrogens with zero attached hydrogens (tertiary/aromatic N) is 3. The molecule has 0 saturated carbocycles. The fourth-order valence-electron chi connectivity index (χ4n) is 2.71. The van der Waals surface area contributed by atoms with Gasteiger partial charge in [-0.25, -0.2) is 4.39 Å². The Morgan fingerprint density at radius 3 is 2.29 bits per heavy atom. The van der Waals surface area contributed by atoms with Crippen LogP contribution in [-0.4, -0.2) is 32.3 Å². The smallest absolute Gasteiger partial charge is 0.234 e. The molecule has 2 N–H and O–H groups in total. The third-order valence-electron chi connectivity index (χ3n) is 4.04. The number of amides is 2. The molecule has 0 fully saturated rings. The van der Waals surface area contributed by atoms with Crippen molar-refractivity contribution in [1.29, 1.82) is 0 Å². The number of rotatable bonds is 8. The van der Waals surface area contributed by atoms with Crippen LogP contribution in [0.3, 0.4) is 0 Å². The Labute approximate surface area is 192 Å². The summed E-state index contributed by atoms with van der Waals surface area (Å²) in [7, 11) is 0. The minimum absolute atomic E-state index is 0.00795. The predicted octanol–water partition coefficient (Wildman–Crippen LogP) is 4.66. The zero-order chi connectivity index (χ0) is 22.4. The monoisotopic (exact) mass is 481 g/mol. The molecule has 0 aliphatic heterocycles. The number of carbonyl (C=O) groups is 2. The van der Waals surface area contributed by atoms with Crippen molar-refractivity contribution in [3.8, 4) is 0 Å². The summed E-state index contributed by atoms with van der Waals surface area (Å²) in [6, 6.07) is 10.3. The molecule has 1 heterocycles. The van der Waals surface area contributed by atoms with Gasteiger partial charge >= 0.3 is 0 Å². The third kappa shape index (κ3) is 6.68. The Hall–Kier alpha value is -2.62. The fraction of sp³-hybridized carbons (Fsp3) is 0.200. The van der Waals surface area contributed by atoms with Crippen LogP contribution >= 0.6 is 35.0 Å². The Bertz CT molecular complexity index is 1070. The SMILES string of the molecule is CCn1c(CC(=O)Nc2ccc(F)cc2)nnc1SCC(=O)Nc1cc(Cl)cc(Cl)c1. The number of benzene rings is 2. The molecule has 3 rings (SSSR count). The standard InChI is InChI=1S/C20H18Cl2FN5O2S/c1-2-28-17(10-18(29)24-15-5-3-14(23)4-6-15)26-27-20(28)31-11-19(30)25-16-8-12(21)7-13(22)9-16/h3-9H,2,10-11H2,1H3,(H,24,29)(H,25,30). The molecule has 0 unspecified atom stereocenters. The van der Waals surface area contributed by atoms with Crippen LogP contribution in [0.5, 0.6) is 0 Å². The van der Waals surface area contributed by atoms with Gasteiger partial charge in [-0.05, 0) is 49.4 Å². The summed E-state index contributed by atoms with van der Waals surface area (Å²) in [5, 5.41) is 14.9. The van der Waals surface area contributed by atoms with E-state index in [-0.39, 0.29) is 29.8 Å². The highest BCUT2D eigenvalue weighted by molar-refractivity contribution is 7.99. The highest BCUT2D eigenvalue weighted by Gasteiger charge is 2.16. The normalized spacial score (nSPS) is 10.7. The summed E-state index contributed by atoms with van der Waals surface area (Å²) in [6.07, 6.45) is -0.00795. The van der Waals surface area contributed by atoms with Crippen LogP contribution in [0.15, 0.2) is 47.6 Å². The van der Waals surface area contributed by atoms with Gasteiger partial charge in [-0.3, -0.25) is 9.59 Å². The number of carbonyl (C=O) groups excluding carboxylic acids is 2. The van der Waals surface area contributed by atoms with Gasteiger partial charge in [0.1, 0.15) is 11.6 Å². The minimum Gasteiger partial charge on any atom is -0.326 e. The lowest BCUT2D eigenvalue weighted by Crippen LogP contribution is -2.18. The van der Waals surface area contributed by atoms with E-state index in [1.807, 2.05) is 6.92 Å². The van der Waals surface area contributed by atoms with Crippen LogP contribution in [0.25, 0.3) is 0 Å².